The average molecular weight is 302 g/mol. The molecule has 1 amide bonds. The number of thiophene rings is 1. The molecule has 3 nitrogen and oxygen atoms in total. The van der Waals surface area contributed by atoms with E-state index in [1.807, 2.05) is 37.9 Å². The highest BCUT2D eigenvalue weighted by atomic mass is 32.1. The van der Waals surface area contributed by atoms with E-state index < -0.39 is 0 Å². The van der Waals surface area contributed by atoms with Crippen molar-refractivity contribution in [2.75, 3.05) is 18.9 Å². The lowest BCUT2D eigenvalue weighted by molar-refractivity contribution is -0.117. The maximum Gasteiger partial charge on any atom is 0.238 e. The number of hydrogen-bond donors (Lipinski definition) is 1. The normalized spacial score (nSPS) is 10.9. The highest BCUT2D eigenvalue weighted by Crippen LogP contribution is 2.17. The van der Waals surface area contributed by atoms with Gasteiger partial charge in [0.25, 0.3) is 0 Å². The van der Waals surface area contributed by atoms with Gasteiger partial charge >= 0.3 is 0 Å². The maximum atomic E-state index is 12.1. The Morgan fingerprint density at radius 2 is 1.86 bits per heavy atom. The molecular formula is C17H22N2OS. The number of amides is 1. The number of carbonyl (C=O) groups is 1. The molecule has 0 saturated heterocycles. The monoisotopic (exact) mass is 302 g/mol. The van der Waals surface area contributed by atoms with Gasteiger partial charge in [-0.3, -0.25) is 9.69 Å². The number of nitrogens with one attached hydrogen (secondary N) is 1. The summed E-state index contributed by atoms with van der Waals surface area (Å²) < 4.78 is 0. The van der Waals surface area contributed by atoms with Crippen LogP contribution in [0, 0.1) is 20.8 Å². The standard InChI is InChI=1S/C17H22N2OS/c1-12-7-13(2)9-15(8-12)18-17(20)11-19(4)10-16-14(3)5-6-21-16/h5-9H,10-11H2,1-4H3,(H,18,20). The summed E-state index contributed by atoms with van der Waals surface area (Å²) in [6.45, 7) is 7.38. The van der Waals surface area contributed by atoms with Crippen LogP contribution in [-0.2, 0) is 11.3 Å². The first-order valence-corrected chi connectivity index (χ1v) is 7.91. The van der Waals surface area contributed by atoms with Crippen LogP contribution in [0.25, 0.3) is 0 Å². The van der Waals surface area contributed by atoms with Crippen LogP contribution >= 0.6 is 11.3 Å². The van der Waals surface area contributed by atoms with Gasteiger partial charge in [0.15, 0.2) is 0 Å². The van der Waals surface area contributed by atoms with Crippen LogP contribution in [0.5, 0.6) is 0 Å². The van der Waals surface area contributed by atoms with E-state index >= 15 is 0 Å². The van der Waals surface area contributed by atoms with E-state index in [0.29, 0.717) is 6.54 Å². The Balaban J connectivity index is 1.90. The number of carbonyl (C=O) groups excluding carboxylic acids is 1. The SMILES string of the molecule is Cc1cc(C)cc(NC(=O)CN(C)Cc2sccc2C)c1. The minimum atomic E-state index is 0.0247. The molecule has 4 heteroatoms. The second kappa shape index (κ2) is 6.87. The van der Waals surface area contributed by atoms with E-state index in [1.165, 1.54) is 10.4 Å². The third kappa shape index (κ3) is 4.69. The number of nitrogens with zero attached hydrogens (tertiary/aromatic N) is 1. The van der Waals surface area contributed by atoms with Crippen LogP contribution in [0.15, 0.2) is 29.6 Å². The maximum absolute atomic E-state index is 12.1. The van der Waals surface area contributed by atoms with Gasteiger partial charge in [-0.2, -0.15) is 0 Å². The Kier molecular flexibility index (Phi) is 5.15. The fourth-order valence-electron chi connectivity index (χ4n) is 2.36. The molecule has 0 fully saturated rings. The Morgan fingerprint density at radius 1 is 1.19 bits per heavy atom. The number of aryl methyl sites for hydroxylation is 3. The van der Waals surface area contributed by atoms with Crippen LogP contribution in [0.1, 0.15) is 21.6 Å². The third-order valence-electron chi connectivity index (χ3n) is 3.30. The van der Waals surface area contributed by atoms with Gasteiger partial charge in [0, 0.05) is 17.1 Å². The fourth-order valence-corrected chi connectivity index (χ4v) is 3.34. The molecule has 0 bridgehead atoms. The first-order chi connectivity index (χ1) is 9.94. The Hall–Kier alpha value is -1.65. The molecule has 0 aliphatic heterocycles. The van der Waals surface area contributed by atoms with E-state index in [9.17, 15) is 4.79 Å². The summed E-state index contributed by atoms with van der Waals surface area (Å²) in [6.07, 6.45) is 0. The summed E-state index contributed by atoms with van der Waals surface area (Å²) in [4.78, 5) is 15.5. The topological polar surface area (TPSA) is 32.3 Å². The molecule has 1 heterocycles. The molecule has 1 aromatic heterocycles. The first-order valence-electron chi connectivity index (χ1n) is 7.03. The molecule has 21 heavy (non-hydrogen) atoms. The molecule has 0 atom stereocenters. The third-order valence-corrected chi connectivity index (χ3v) is 4.31. The predicted molar refractivity (Wildman–Crippen MR) is 89.9 cm³/mol. The molecule has 2 rings (SSSR count). The van der Waals surface area contributed by atoms with Crippen molar-refractivity contribution < 1.29 is 4.79 Å². The summed E-state index contributed by atoms with van der Waals surface area (Å²) in [5.74, 6) is 0.0247. The summed E-state index contributed by atoms with van der Waals surface area (Å²) in [6, 6.07) is 8.20. The molecule has 0 aliphatic carbocycles. The minimum Gasteiger partial charge on any atom is -0.325 e. The second-order valence-electron chi connectivity index (χ2n) is 5.62. The van der Waals surface area contributed by atoms with Crippen molar-refractivity contribution >= 4 is 22.9 Å². The molecule has 0 unspecified atom stereocenters. The summed E-state index contributed by atoms with van der Waals surface area (Å²) in [5, 5.41) is 5.06. The number of likely N-dealkylation sites (N-methyl/N-ethyl adjacent to an activating group) is 1. The van der Waals surface area contributed by atoms with Crippen molar-refractivity contribution in [2.24, 2.45) is 0 Å². The van der Waals surface area contributed by atoms with Gasteiger partial charge in [-0.1, -0.05) is 6.07 Å². The molecule has 112 valence electrons. The Bertz CT molecular complexity index is 613. The average Bonchev–Trinajstić information content (AvgIpc) is 2.73. The van der Waals surface area contributed by atoms with Gasteiger partial charge in [0.1, 0.15) is 0 Å². The second-order valence-corrected chi connectivity index (χ2v) is 6.62. The molecule has 0 radical (unpaired) electrons. The number of benzene rings is 1. The zero-order valence-corrected chi connectivity index (χ0v) is 13.9. The highest BCUT2D eigenvalue weighted by molar-refractivity contribution is 7.10. The smallest absolute Gasteiger partial charge is 0.238 e. The summed E-state index contributed by atoms with van der Waals surface area (Å²) in [5.41, 5.74) is 4.49. The molecule has 1 N–H and O–H groups in total. The van der Waals surface area contributed by atoms with Crippen LogP contribution in [0.2, 0.25) is 0 Å². The predicted octanol–water partition coefficient (Wildman–Crippen LogP) is 3.74. The molecule has 1 aromatic carbocycles. The Labute approximate surface area is 130 Å². The lowest BCUT2D eigenvalue weighted by Crippen LogP contribution is -2.29. The minimum absolute atomic E-state index is 0.0247. The zero-order chi connectivity index (χ0) is 15.4. The Morgan fingerprint density at radius 3 is 2.43 bits per heavy atom. The fraction of sp³-hybridized carbons (Fsp3) is 0.353. The molecule has 0 aliphatic rings. The van der Waals surface area contributed by atoms with Crippen molar-refractivity contribution in [1.29, 1.82) is 0 Å². The van der Waals surface area contributed by atoms with Gasteiger partial charge in [-0.25, -0.2) is 0 Å². The number of rotatable bonds is 5. The van der Waals surface area contributed by atoms with E-state index in [4.69, 9.17) is 0 Å². The molecule has 0 spiro atoms. The van der Waals surface area contributed by atoms with Crippen molar-refractivity contribution in [3.05, 3.63) is 51.2 Å². The van der Waals surface area contributed by atoms with E-state index in [-0.39, 0.29) is 5.91 Å². The molecule has 2 aromatic rings. The van der Waals surface area contributed by atoms with Gasteiger partial charge in [0.2, 0.25) is 5.91 Å². The van der Waals surface area contributed by atoms with E-state index in [0.717, 1.165) is 23.4 Å². The number of hydrogen-bond acceptors (Lipinski definition) is 3. The van der Waals surface area contributed by atoms with Crippen LogP contribution in [-0.4, -0.2) is 24.4 Å². The molecular weight excluding hydrogens is 280 g/mol. The lowest BCUT2D eigenvalue weighted by atomic mass is 10.1. The van der Waals surface area contributed by atoms with E-state index in [2.05, 4.69) is 29.8 Å². The quantitative estimate of drug-likeness (QED) is 0.912. The highest BCUT2D eigenvalue weighted by Gasteiger charge is 2.10. The van der Waals surface area contributed by atoms with Gasteiger partial charge in [-0.05, 0) is 68.1 Å². The zero-order valence-electron chi connectivity index (χ0n) is 13.1. The van der Waals surface area contributed by atoms with Crippen molar-refractivity contribution in [1.82, 2.24) is 4.90 Å². The largest absolute Gasteiger partial charge is 0.325 e. The van der Waals surface area contributed by atoms with Crippen LogP contribution in [0.4, 0.5) is 5.69 Å². The van der Waals surface area contributed by atoms with Gasteiger partial charge in [-0.15, -0.1) is 11.3 Å². The van der Waals surface area contributed by atoms with Crippen molar-refractivity contribution in [3.63, 3.8) is 0 Å². The molecule has 0 saturated carbocycles. The number of anilines is 1. The first kappa shape index (κ1) is 15.7. The van der Waals surface area contributed by atoms with Crippen molar-refractivity contribution in [3.8, 4) is 0 Å². The van der Waals surface area contributed by atoms with Gasteiger partial charge in [0.05, 0.1) is 6.54 Å². The van der Waals surface area contributed by atoms with Crippen LogP contribution < -0.4 is 5.32 Å². The lowest BCUT2D eigenvalue weighted by Gasteiger charge is -2.16. The summed E-state index contributed by atoms with van der Waals surface area (Å²) >= 11 is 1.74. The van der Waals surface area contributed by atoms with Gasteiger partial charge < -0.3 is 5.32 Å². The van der Waals surface area contributed by atoms with E-state index in [1.54, 1.807) is 11.3 Å². The van der Waals surface area contributed by atoms with Crippen molar-refractivity contribution in [2.45, 2.75) is 27.3 Å². The van der Waals surface area contributed by atoms with Crippen LogP contribution in [0.3, 0.4) is 0 Å². The summed E-state index contributed by atoms with van der Waals surface area (Å²) in [7, 11) is 1.97.